The van der Waals surface area contributed by atoms with E-state index in [9.17, 15) is 4.79 Å². The minimum atomic E-state index is -0.212. The lowest BCUT2D eigenvalue weighted by atomic mass is 10.0. The summed E-state index contributed by atoms with van der Waals surface area (Å²) in [7, 11) is 0. The standard InChI is InChI=1S/C22H20N2O/c1-17(18-8-4-2-5-9-18)16-23-24-22(25)21-14-12-20(13-15-21)19-10-6-3-7-11-19/h2-17H,1H3,(H,24,25)/b23-16+. The van der Waals surface area contributed by atoms with Crippen LogP contribution < -0.4 is 5.43 Å². The van der Waals surface area contributed by atoms with Gasteiger partial charge in [-0.2, -0.15) is 5.10 Å². The zero-order chi connectivity index (χ0) is 17.5. The first-order chi connectivity index (χ1) is 12.2. The van der Waals surface area contributed by atoms with Crippen LogP contribution in [0.2, 0.25) is 0 Å². The summed E-state index contributed by atoms with van der Waals surface area (Å²) in [6.07, 6.45) is 1.74. The highest BCUT2D eigenvalue weighted by molar-refractivity contribution is 5.94. The van der Waals surface area contributed by atoms with E-state index in [0.717, 1.165) is 16.7 Å². The highest BCUT2D eigenvalue weighted by atomic mass is 16.2. The molecule has 3 aromatic rings. The quantitative estimate of drug-likeness (QED) is 0.527. The monoisotopic (exact) mass is 328 g/mol. The van der Waals surface area contributed by atoms with Crippen LogP contribution in [-0.2, 0) is 0 Å². The van der Waals surface area contributed by atoms with Gasteiger partial charge in [0.2, 0.25) is 0 Å². The molecule has 0 heterocycles. The Labute approximate surface area is 148 Å². The Kier molecular flexibility index (Phi) is 5.37. The lowest BCUT2D eigenvalue weighted by Crippen LogP contribution is -2.18. The number of amides is 1. The molecule has 0 aliphatic carbocycles. The van der Waals surface area contributed by atoms with E-state index in [-0.39, 0.29) is 11.8 Å². The molecule has 0 saturated heterocycles. The first-order valence-corrected chi connectivity index (χ1v) is 8.28. The maximum absolute atomic E-state index is 12.2. The second-order valence-electron chi connectivity index (χ2n) is 5.86. The van der Waals surface area contributed by atoms with Crippen molar-refractivity contribution in [2.45, 2.75) is 12.8 Å². The van der Waals surface area contributed by atoms with Crippen LogP contribution in [0.15, 0.2) is 90.0 Å². The SMILES string of the molecule is CC(/C=N/NC(=O)c1ccc(-c2ccccc2)cc1)c1ccccc1. The molecule has 25 heavy (non-hydrogen) atoms. The number of hydrazone groups is 1. The molecule has 3 heteroatoms. The van der Waals surface area contributed by atoms with Crippen molar-refractivity contribution in [1.82, 2.24) is 5.43 Å². The van der Waals surface area contributed by atoms with E-state index >= 15 is 0 Å². The molecule has 0 bridgehead atoms. The second kappa shape index (κ2) is 8.06. The first kappa shape index (κ1) is 16.7. The van der Waals surface area contributed by atoms with Gasteiger partial charge in [-0.25, -0.2) is 5.43 Å². The summed E-state index contributed by atoms with van der Waals surface area (Å²) in [4.78, 5) is 12.2. The maximum atomic E-state index is 12.2. The number of rotatable bonds is 5. The average Bonchev–Trinajstić information content (AvgIpc) is 2.69. The van der Waals surface area contributed by atoms with Crippen LogP contribution in [0.3, 0.4) is 0 Å². The Balaban J connectivity index is 1.61. The number of hydrogen-bond acceptors (Lipinski definition) is 2. The molecular formula is C22H20N2O. The van der Waals surface area contributed by atoms with E-state index in [1.165, 1.54) is 0 Å². The summed E-state index contributed by atoms with van der Waals surface area (Å²) >= 11 is 0. The van der Waals surface area contributed by atoms with Crippen LogP contribution in [0.25, 0.3) is 11.1 Å². The van der Waals surface area contributed by atoms with E-state index in [1.807, 2.05) is 91.9 Å². The number of hydrogen-bond donors (Lipinski definition) is 1. The predicted molar refractivity (Wildman–Crippen MR) is 103 cm³/mol. The summed E-state index contributed by atoms with van der Waals surface area (Å²) in [6.45, 7) is 2.04. The first-order valence-electron chi connectivity index (χ1n) is 8.28. The van der Waals surface area contributed by atoms with Crippen molar-refractivity contribution < 1.29 is 4.79 Å². The number of nitrogens with zero attached hydrogens (tertiary/aromatic N) is 1. The third-order valence-corrected chi connectivity index (χ3v) is 4.04. The van der Waals surface area contributed by atoms with Crippen LogP contribution in [0.1, 0.15) is 28.8 Å². The van der Waals surface area contributed by atoms with Crippen molar-refractivity contribution in [3.05, 3.63) is 96.1 Å². The van der Waals surface area contributed by atoms with Crippen molar-refractivity contribution in [2.24, 2.45) is 5.10 Å². The Bertz CT molecular complexity index is 840. The molecule has 0 aliphatic rings. The smallest absolute Gasteiger partial charge is 0.267 e. The highest BCUT2D eigenvalue weighted by Crippen LogP contribution is 2.19. The fourth-order valence-corrected chi connectivity index (χ4v) is 2.56. The molecule has 0 aromatic heterocycles. The van der Waals surface area contributed by atoms with Gasteiger partial charge in [-0.1, -0.05) is 79.7 Å². The lowest BCUT2D eigenvalue weighted by molar-refractivity contribution is 0.0955. The number of nitrogens with one attached hydrogen (secondary N) is 1. The normalized spacial score (nSPS) is 12.0. The third-order valence-electron chi connectivity index (χ3n) is 4.04. The molecule has 3 nitrogen and oxygen atoms in total. The summed E-state index contributed by atoms with van der Waals surface area (Å²) in [6, 6.07) is 27.6. The average molecular weight is 328 g/mol. The second-order valence-corrected chi connectivity index (χ2v) is 5.86. The summed E-state index contributed by atoms with van der Waals surface area (Å²) in [5, 5.41) is 4.08. The lowest BCUT2D eigenvalue weighted by Gasteiger charge is -2.06. The van der Waals surface area contributed by atoms with E-state index in [2.05, 4.69) is 10.5 Å². The van der Waals surface area contributed by atoms with Gasteiger partial charge in [0.25, 0.3) is 5.91 Å². The molecule has 3 rings (SSSR count). The van der Waals surface area contributed by atoms with Gasteiger partial charge < -0.3 is 0 Å². The van der Waals surface area contributed by atoms with E-state index in [4.69, 9.17) is 0 Å². The fraction of sp³-hybridized carbons (Fsp3) is 0.0909. The van der Waals surface area contributed by atoms with Gasteiger partial charge in [-0.3, -0.25) is 4.79 Å². The van der Waals surface area contributed by atoms with Gasteiger partial charge in [-0.05, 0) is 28.8 Å². The minimum absolute atomic E-state index is 0.141. The van der Waals surface area contributed by atoms with E-state index in [1.54, 1.807) is 6.21 Å². The molecule has 124 valence electrons. The maximum Gasteiger partial charge on any atom is 0.271 e. The number of benzene rings is 3. The van der Waals surface area contributed by atoms with Crippen molar-refractivity contribution >= 4 is 12.1 Å². The molecule has 3 aromatic carbocycles. The molecule has 1 N–H and O–H groups in total. The zero-order valence-corrected chi connectivity index (χ0v) is 14.1. The number of carbonyl (C=O) groups excluding carboxylic acids is 1. The summed E-state index contributed by atoms with van der Waals surface area (Å²) < 4.78 is 0. The van der Waals surface area contributed by atoms with Gasteiger partial charge in [-0.15, -0.1) is 0 Å². The molecular weight excluding hydrogens is 308 g/mol. The molecule has 0 fully saturated rings. The van der Waals surface area contributed by atoms with E-state index in [0.29, 0.717) is 5.56 Å². The zero-order valence-electron chi connectivity index (χ0n) is 14.1. The van der Waals surface area contributed by atoms with Gasteiger partial charge in [0.1, 0.15) is 0 Å². The Morgan fingerprint density at radius 2 is 1.40 bits per heavy atom. The van der Waals surface area contributed by atoms with Crippen molar-refractivity contribution in [3.8, 4) is 11.1 Å². The van der Waals surface area contributed by atoms with Crippen LogP contribution in [-0.4, -0.2) is 12.1 Å². The molecule has 0 radical (unpaired) electrons. The molecule has 0 spiro atoms. The van der Waals surface area contributed by atoms with Gasteiger partial charge in [0.05, 0.1) is 0 Å². The molecule has 0 saturated carbocycles. The molecule has 1 amide bonds. The minimum Gasteiger partial charge on any atom is -0.267 e. The largest absolute Gasteiger partial charge is 0.271 e. The number of carbonyl (C=O) groups is 1. The van der Waals surface area contributed by atoms with Crippen molar-refractivity contribution in [3.63, 3.8) is 0 Å². The van der Waals surface area contributed by atoms with Gasteiger partial charge in [0, 0.05) is 17.7 Å². The highest BCUT2D eigenvalue weighted by Gasteiger charge is 2.05. The Morgan fingerprint density at radius 1 is 0.840 bits per heavy atom. The Hall–Kier alpha value is -3.20. The topological polar surface area (TPSA) is 41.5 Å². The summed E-state index contributed by atoms with van der Waals surface area (Å²) in [5.41, 5.74) is 6.55. The van der Waals surface area contributed by atoms with Crippen molar-refractivity contribution in [1.29, 1.82) is 0 Å². The van der Waals surface area contributed by atoms with Gasteiger partial charge >= 0.3 is 0 Å². The molecule has 1 unspecified atom stereocenters. The van der Waals surface area contributed by atoms with E-state index < -0.39 is 0 Å². The molecule has 1 atom stereocenters. The molecule has 0 aliphatic heterocycles. The fourth-order valence-electron chi connectivity index (χ4n) is 2.56. The van der Waals surface area contributed by atoms with Crippen LogP contribution >= 0.6 is 0 Å². The third kappa shape index (κ3) is 4.42. The van der Waals surface area contributed by atoms with Gasteiger partial charge in [0.15, 0.2) is 0 Å². The van der Waals surface area contributed by atoms with Crippen LogP contribution in [0.4, 0.5) is 0 Å². The van der Waals surface area contributed by atoms with Crippen molar-refractivity contribution in [2.75, 3.05) is 0 Å². The van der Waals surface area contributed by atoms with Crippen LogP contribution in [0.5, 0.6) is 0 Å². The van der Waals surface area contributed by atoms with Crippen LogP contribution in [0, 0.1) is 0 Å². The Morgan fingerprint density at radius 3 is 2.04 bits per heavy atom. The summed E-state index contributed by atoms with van der Waals surface area (Å²) in [5.74, 6) is -0.0712. The predicted octanol–water partition coefficient (Wildman–Crippen LogP) is 4.87.